The number of benzene rings is 1. The number of halogens is 5. The van der Waals surface area contributed by atoms with E-state index in [1.807, 2.05) is 48.5 Å². The van der Waals surface area contributed by atoms with Crippen molar-refractivity contribution in [2.75, 3.05) is 0 Å². The van der Waals surface area contributed by atoms with Gasteiger partial charge in [-0.15, -0.1) is 0 Å². The highest BCUT2D eigenvalue weighted by molar-refractivity contribution is 5.23. The number of aryl methyl sites for hydroxylation is 2. The highest BCUT2D eigenvalue weighted by Crippen LogP contribution is 2.28. The van der Waals surface area contributed by atoms with Crippen molar-refractivity contribution in [3.05, 3.63) is 95.6 Å². The van der Waals surface area contributed by atoms with Crippen LogP contribution in [0.4, 0.5) is 22.0 Å². The SMILES string of the molecule is CC.CC.CC.Cc1ccc(C(F)(F)F)cc1.Cc1ccc(F)nc1.Fc1cccnc1. The van der Waals surface area contributed by atoms with E-state index in [9.17, 15) is 22.0 Å². The number of rotatable bonds is 0. The predicted molar refractivity (Wildman–Crippen MR) is 123 cm³/mol. The van der Waals surface area contributed by atoms with Crippen LogP contribution in [0, 0.1) is 25.6 Å². The first-order valence-corrected chi connectivity index (χ1v) is 10.5. The molecular weight excluding hydrogens is 423 g/mol. The first-order valence-electron chi connectivity index (χ1n) is 10.5. The van der Waals surface area contributed by atoms with Gasteiger partial charge in [0.25, 0.3) is 0 Å². The van der Waals surface area contributed by atoms with Crippen LogP contribution in [-0.4, -0.2) is 9.97 Å². The van der Waals surface area contributed by atoms with Crippen molar-refractivity contribution in [2.24, 2.45) is 0 Å². The minimum absolute atomic E-state index is 0.289. The van der Waals surface area contributed by atoms with Crippen LogP contribution in [0.3, 0.4) is 0 Å². The normalized spacial score (nSPS) is 8.78. The summed E-state index contributed by atoms with van der Waals surface area (Å²) in [6.45, 7) is 15.6. The maximum Gasteiger partial charge on any atom is 0.416 e. The van der Waals surface area contributed by atoms with Crippen molar-refractivity contribution in [1.29, 1.82) is 0 Å². The van der Waals surface area contributed by atoms with Crippen LogP contribution >= 0.6 is 0 Å². The second-order valence-electron chi connectivity index (χ2n) is 5.19. The molecule has 3 aromatic rings. The summed E-state index contributed by atoms with van der Waals surface area (Å²) in [6, 6.07) is 11.0. The summed E-state index contributed by atoms with van der Waals surface area (Å²) in [5.41, 5.74) is 1.22. The standard InChI is InChI=1S/C8H7F3.C6H6FN.C5H4FN.3C2H6/c1-6-2-4-7(5-3-6)8(9,10)11;1-5-2-3-6(7)8-4-5;6-5-2-1-3-7-4-5;3*1-2/h2-5H,1H3;2-4H,1H3;1-4H;3*1-2H3. The smallest absolute Gasteiger partial charge is 0.262 e. The lowest BCUT2D eigenvalue weighted by Gasteiger charge is -2.05. The minimum Gasteiger partial charge on any atom is -0.262 e. The first-order chi connectivity index (χ1) is 15.2. The third kappa shape index (κ3) is 19.2. The molecule has 0 saturated heterocycles. The van der Waals surface area contributed by atoms with Crippen LogP contribution in [0.25, 0.3) is 0 Å². The summed E-state index contributed by atoms with van der Waals surface area (Å²) < 4.78 is 59.6. The quantitative estimate of drug-likeness (QED) is 0.248. The average molecular weight is 459 g/mol. The van der Waals surface area contributed by atoms with Crippen LogP contribution in [-0.2, 0) is 6.18 Å². The monoisotopic (exact) mass is 458 g/mol. The number of pyridine rings is 2. The fourth-order valence-electron chi connectivity index (χ4n) is 1.53. The Balaban J connectivity index is -0.000000359. The number of alkyl halides is 3. The molecule has 0 aliphatic rings. The van der Waals surface area contributed by atoms with Crippen LogP contribution in [0.2, 0.25) is 0 Å². The number of nitrogens with zero attached hydrogens (tertiary/aromatic N) is 2. The van der Waals surface area contributed by atoms with Gasteiger partial charge in [-0.05, 0) is 49.7 Å². The molecule has 1 aromatic carbocycles. The fourth-order valence-corrected chi connectivity index (χ4v) is 1.53. The Hall–Kier alpha value is -2.83. The van der Waals surface area contributed by atoms with Gasteiger partial charge in [0.15, 0.2) is 0 Å². The van der Waals surface area contributed by atoms with E-state index in [1.54, 1.807) is 19.1 Å². The van der Waals surface area contributed by atoms with E-state index in [0.717, 1.165) is 23.3 Å². The van der Waals surface area contributed by atoms with Gasteiger partial charge < -0.3 is 0 Å². The van der Waals surface area contributed by atoms with E-state index in [-0.39, 0.29) is 5.82 Å². The Kier molecular flexibility index (Phi) is 22.6. The van der Waals surface area contributed by atoms with E-state index in [2.05, 4.69) is 9.97 Å². The van der Waals surface area contributed by atoms with E-state index >= 15 is 0 Å². The molecule has 0 amide bonds. The van der Waals surface area contributed by atoms with Gasteiger partial charge >= 0.3 is 6.18 Å². The molecule has 0 N–H and O–H groups in total. The van der Waals surface area contributed by atoms with Gasteiger partial charge in [-0.1, -0.05) is 65.3 Å². The van der Waals surface area contributed by atoms with E-state index in [1.165, 1.54) is 42.9 Å². The van der Waals surface area contributed by atoms with Crippen LogP contribution < -0.4 is 0 Å². The first kappa shape index (κ1) is 33.8. The molecule has 0 atom stereocenters. The number of hydrogen-bond acceptors (Lipinski definition) is 2. The molecule has 0 aliphatic heterocycles. The van der Waals surface area contributed by atoms with Crippen molar-refractivity contribution < 1.29 is 22.0 Å². The molecule has 32 heavy (non-hydrogen) atoms. The summed E-state index contributed by atoms with van der Waals surface area (Å²) >= 11 is 0. The average Bonchev–Trinajstić information content (AvgIpc) is 2.81. The Morgan fingerprint density at radius 3 is 1.44 bits per heavy atom. The third-order valence-corrected chi connectivity index (χ3v) is 2.88. The second kappa shape index (κ2) is 21.4. The minimum atomic E-state index is -4.21. The van der Waals surface area contributed by atoms with Crippen LogP contribution in [0.15, 0.2) is 67.1 Å². The molecule has 7 heteroatoms. The Morgan fingerprint density at radius 1 is 0.656 bits per heavy atom. The van der Waals surface area contributed by atoms with Crippen molar-refractivity contribution in [1.82, 2.24) is 9.97 Å². The van der Waals surface area contributed by atoms with Crippen molar-refractivity contribution in [2.45, 2.75) is 61.6 Å². The topological polar surface area (TPSA) is 25.8 Å². The lowest BCUT2D eigenvalue weighted by atomic mass is 10.1. The molecule has 0 bridgehead atoms. The summed E-state index contributed by atoms with van der Waals surface area (Å²) in [4.78, 5) is 6.92. The van der Waals surface area contributed by atoms with Gasteiger partial charge in [0, 0.05) is 12.4 Å². The summed E-state index contributed by atoms with van der Waals surface area (Å²) in [5.74, 6) is -0.710. The summed E-state index contributed by atoms with van der Waals surface area (Å²) in [7, 11) is 0. The van der Waals surface area contributed by atoms with Crippen LogP contribution in [0.5, 0.6) is 0 Å². The maximum absolute atomic E-state index is 12.0. The largest absolute Gasteiger partial charge is 0.416 e. The highest BCUT2D eigenvalue weighted by Gasteiger charge is 2.29. The Bertz CT molecular complexity index is 736. The van der Waals surface area contributed by atoms with E-state index in [0.29, 0.717) is 0 Å². The Morgan fingerprint density at radius 2 is 1.16 bits per heavy atom. The zero-order valence-corrected chi connectivity index (χ0v) is 20.1. The molecule has 3 rings (SSSR count). The highest BCUT2D eigenvalue weighted by atomic mass is 19.4. The van der Waals surface area contributed by atoms with Gasteiger partial charge in [0.05, 0.1) is 11.8 Å². The number of aromatic nitrogens is 2. The van der Waals surface area contributed by atoms with E-state index < -0.39 is 17.7 Å². The fraction of sp³-hybridized carbons (Fsp3) is 0.360. The molecule has 0 fully saturated rings. The lowest BCUT2D eigenvalue weighted by molar-refractivity contribution is -0.137. The van der Waals surface area contributed by atoms with Gasteiger partial charge in [-0.25, -0.2) is 9.37 Å². The lowest BCUT2D eigenvalue weighted by Crippen LogP contribution is -2.03. The molecule has 0 aliphatic carbocycles. The van der Waals surface area contributed by atoms with Gasteiger partial charge in [-0.3, -0.25) is 4.98 Å². The van der Waals surface area contributed by atoms with E-state index in [4.69, 9.17) is 0 Å². The zero-order valence-electron chi connectivity index (χ0n) is 20.1. The molecular formula is C25H35F5N2. The molecule has 2 aromatic heterocycles. The maximum atomic E-state index is 12.0. The molecule has 2 nitrogen and oxygen atoms in total. The Labute approximate surface area is 189 Å². The predicted octanol–water partition coefficient (Wildman–Crippen LogP) is 8.84. The van der Waals surface area contributed by atoms with Crippen molar-refractivity contribution >= 4 is 0 Å². The second-order valence-corrected chi connectivity index (χ2v) is 5.19. The number of hydrogen-bond donors (Lipinski definition) is 0. The summed E-state index contributed by atoms with van der Waals surface area (Å²) in [5, 5.41) is 0. The van der Waals surface area contributed by atoms with Gasteiger partial charge in [-0.2, -0.15) is 17.6 Å². The van der Waals surface area contributed by atoms with Gasteiger partial charge in [0.1, 0.15) is 5.82 Å². The van der Waals surface area contributed by atoms with Crippen molar-refractivity contribution in [3.8, 4) is 0 Å². The molecule has 180 valence electrons. The molecule has 0 spiro atoms. The molecule has 0 unspecified atom stereocenters. The molecule has 2 heterocycles. The van der Waals surface area contributed by atoms with Crippen LogP contribution in [0.1, 0.15) is 58.2 Å². The molecule has 0 saturated carbocycles. The molecule has 0 radical (unpaired) electrons. The third-order valence-electron chi connectivity index (χ3n) is 2.88. The van der Waals surface area contributed by atoms with Crippen molar-refractivity contribution in [3.63, 3.8) is 0 Å². The zero-order chi connectivity index (χ0) is 25.6. The summed E-state index contributed by atoms with van der Waals surface area (Å²) in [6.07, 6.45) is -0.0217. The van der Waals surface area contributed by atoms with Gasteiger partial charge in [0.2, 0.25) is 5.95 Å².